The molecule has 0 unspecified atom stereocenters. The summed E-state index contributed by atoms with van der Waals surface area (Å²) in [6, 6.07) is 3.62. The number of benzene rings is 1. The van der Waals surface area contributed by atoms with Crippen LogP contribution in [0.4, 0.5) is 0 Å². The lowest BCUT2D eigenvalue weighted by Gasteiger charge is -2.37. The topological polar surface area (TPSA) is 76.2 Å². The number of hydrogen-bond donors (Lipinski definition) is 0. The predicted molar refractivity (Wildman–Crippen MR) is 102 cm³/mol. The quantitative estimate of drug-likeness (QED) is 0.699. The molecule has 1 aromatic carbocycles. The molecule has 0 saturated carbocycles. The summed E-state index contributed by atoms with van der Waals surface area (Å²) in [5.74, 6) is 1.56. The highest BCUT2D eigenvalue weighted by Gasteiger charge is 2.34. The maximum absolute atomic E-state index is 12.5. The fourth-order valence-electron chi connectivity index (χ4n) is 3.73. The van der Waals surface area contributed by atoms with Crippen molar-refractivity contribution in [2.45, 2.75) is 12.5 Å². The van der Waals surface area contributed by atoms with Gasteiger partial charge in [-0.05, 0) is 30.2 Å². The molecule has 1 atom stereocenters. The Morgan fingerprint density at radius 3 is 2.67 bits per heavy atom. The zero-order valence-electron chi connectivity index (χ0n) is 14.8. The summed E-state index contributed by atoms with van der Waals surface area (Å²) in [6.45, 7) is 2.75. The van der Waals surface area contributed by atoms with Gasteiger partial charge in [0.1, 0.15) is 0 Å². The summed E-state index contributed by atoms with van der Waals surface area (Å²) in [5.41, 5.74) is 0.771. The molecule has 27 heavy (non-hydrogen) atoms. The van der Waals surface area contributed by atoms with E-state index < -0.39 is 9.84 Å². The van der Waals surface area contributed by atoms with Crippen LogP contribution in [0.5, 0.6) is 11.5 Å². The van der Waals surface area contributed by atoms with Crippen LogP contribution in [0.15, 0.2) is 18.2 Å². The van der Waals surface area contributed by atoms with Crippen molar-refractivity contribution in [3.63, 3.8) is 0 Å². The minimum Gasteiger partial charge on any atom is -0.454 e. The van der Waals surface area contributed by atoms with Crippen molar-refractivity contribution >= 4 is 33.4 Å². The average Bonchev–Trinajstić information content (AvgIpc) is 3.26. The van der Waals surface area contributed by atoms with Gasteiger partial charge in [0.2, 0.25) is 12.7 Å². The van der Waals surface area contributed by atoms with Crippen molar-refractivity contribution in [3.05, 3.63) is 28.8 Å². The molecule has 2 saturated heterocycles. The van der Waals surface area contributed by atoms with Crippen LogP contribution in [0.3, 0.4) is 0 Å². The summed E-state index contributed by atoms with van der Waals surface area (Å²) in [6.07, 6.45) is 3.94. The van der Waals surface area contributed by atoms with Crippen molar-refractivity contribution in [1.29, 1.82) is 0 Å². The molecule has 4 rings (SSSR count). The van der Waals surface area contributed by atoms with E-state index in [1.54, 1.807) is 23.1 Å². The van der Waals surface area contributed by atoms with Crippen LogP contribution in [-0.2, 0) is 14.6 Å². The highest BCUT2D eigenvalue weighted by atomic mass is 35.5. The van der Waals surface area contributed by atoms with E-state index in [0.717, 1.165) is 5.56 Å². The molecule has 0 aromatic heterocycles. The van der Waals surface area contributed by atoms with Crippen molar-refractivity contribution in [3.8, 4) is 11.5 Å². The Labute approximate surface area is 163 Å². The monoisotopic (exact) mass is 412 g/mol. The molecule has 0 N–H and O–H groups in total. The molecule has 9 heteroatoms. The molecular weight excluding hydrogens is 392 g/mol. The minimum absolute atomic E-state index is 0.0671. The normalized spacial score (nSPS) is 24.6. The number of fused-ring (bicyclic) bond motifs is 1. The molecule has 3 aliphatic heterocycles. The Morgan fingerprint density at radius 2 is 1.96 bits per heavy atom. The summed E-state index contributed by atoms with van der Waals surface area (Å²) in [7, 11) is -2.89. The number of rotatable bonds is 3. The zero-order chi connectivity index (χ0) is 19.0. The third-order valence-electron chi connectivity index (χ3n) is 5.22. The van der Waals surface area contributed by atoms with E-state index in [1.165, 1.54) is 6.08 Å². The molecule has 7 nitrogen and oxygen atoms in total. The predicted octanol–water partition coefficient (Wildman–Crippen LogP) is 1.41. The lowest BCUT2D eigenvalue weighted by Crippen LogP contribution is -2.52. The third-order valence-corrected chi connectivity index (χ3v) is 7.25. The number of carbonyl (C=O) groups excluding carboxylic acids is 1. The SMILES string of the molecule is O=C(/C=C/c1cc(Cl)c2c(c1)OCO2)N1CCN([C@H]2CCS(=O)(=O)C2)CC1. The third kappa shape index (κ3) is 4.07. The highest BCUT2D eigenvalue weighted by molar-refractivity contribution is 7.91. The van der Waals surface area contributed by atoms with Crippen LogP contribution >= 0.6 is 11.6 Å². The number of ether oxygens (including phenoxy) is 2. The number of sulfone groups is 1. The average molecular weight is 413 g/mol. The smallest absolute Gasteiger partial charge is 0.246 e. The minimum atomic E-state index is -2.89. The molecule has 0 spiro atoms. The van der Waals surface area contributed by atoms with E-state index in [9.17, 15) is 13.2 Å². The lowest BCUT2D eigenvalue weighted by atomic mass is 10.1. The standard InChI is InChI=1S/C18H21ClN2O5S/c19-15-9-13(10-16-18(15)26-12-25-16)1-2-17(22)21-6-4-20(5-7-21)14-3-8-27(23,24)11-14/h1-2,9-10,14H,3-8,11-12H2/b2-1+/t14-/m0/s1. The van der Waals surface area contributed by atoms with Gasteiger partial charge in [-0.2, -0.15) is 0 Å². The molecule has 3 aliphatic rings. The van der Waals surface area contributed by atoms with E-state index in [-0.39, 0.29) is 30.2 Å². The highest BCUT2D eigenvalue weighted by Crippen LogP contribution is 2.40. The Kier molecular flexibility index (Phi) is 5.05. The number of hydrogen-bond acceptors (Lipinski definition) is 6. The molecule has 0 bridgehead atoms. The molecule has 0 aliphatic carbocycles. The first-order valence-corrected chi connectivity index (χ1v) is 11.1. The summed E-state index contributed by atoms with van der Waals surface area (Å²) < 4.78 is 33.9. The number of amides is 1. The van der Waals surface area contributed by atoms with Crippen LogP contribution in [0, 0.1) is 0 Å². The van der Waals surface area contributed by atoms with Crippen molar-refractivity contribution in [2.24, 2.45) is 0 Å². The summed E-state index contributed by atoms with van der Waals surface area (Å²) >= 11 is 6.15. The summed E-state index contributed by atoms with van der Waals surface area (Å²) in [4.78, 5) is 16.4. The fourth-order valence-corrected chi connectivity index (χ4v) is 5.76. The molecule has 0 radical (unpaired) electrons. The van der Waals surface area contributed by atoms with Crippen LogP contribution < -0.4 is 9.47 Å². The van der Waals surface area contributed by atoms with Gasteiger partial charge in [-0.3, -0.25) is 9.69 Å². The van der Waals surface area contributed by atoms with Crippen LogP contribution in [0.1, 0.15) is 12.0 Å². The molecule has 1 amide bonds. The van der Waals surface area contributed by atoms with Crippen LogP contribution in [0.2, 0.25) is 5.02 Å². The van der Waals surface area contributed by atoms with Gasteiger partial charge in [-0.25, -0.2) is 8.42 Å². The van der Waals surface area contributed by atoms with Gasteiger partial charge in [0.15, 0.2) is 21.3 Å². The van der Waals surface area contributed by atoms with E-state index in [1.807, 2.05) is 0 Å². The van der Waals surface area contributed by atoms with E-state index >= 15 is 0 Å². The Hall–Kier alpha value is -1.77. The number of halogens is 1. The number of carbonyl (C=O) groups is 1. The van der Waals surface area contributed by atoms with Crippen molar-refractivity contribution in [2.75, 3.05) is 44.5 Å². The second kappa shape index (κ2) is 7.33. The first-order valence-electron chi connectivity index (χ1n) is 8.92. The zero-order valence-corrected chi connectivity index (χ0v) is 16.3. The molecular formula is C18H21ClN2O5S. The van der Waals surface area contributed by atoms with Gasteiger partial charge in [0.05, 0.1) is 16.5 Å². The van der Waals surface area contributed by atoms with Gasteiger partial charge in [-0.15, -0.1) is 0 Å². The summed E-state index contributed by atoms with van der Waals surface area (Å²) in [5, 5.41) is 0.456. The van der Waals surface area contributed by atoms with Crippen molar-refractivity contribution < 1.29 is 22.7 Å². The maximum Gasteiger partial charge on any atom is 0.246 e. The van der Waals surface area contributed by atoms with Gasteiger partial charge in [-0.1, -0.05) is 11.6 Å². The maximum atomic E-state index is 12.5. The van der Waals surface area contributed by atoms with Gasteiger partial charge >= 0.3 is 0 Å². The van der Waals surface area contributed by atoms with Crippen LogP contribution in [0.25, 0.3) is 6.08 Å². The molecule has 3 heterocycles. The number of piperazine rings is 1. The molecule has 146 valence electrons. The molecule has 2 fully saturated rings. The largest absolute Gasteiger partial charge is 0.454 e. The fraction of sp³-hybridized carbons (Fsp3) is 0.500. The van der Waals surface area contributed by atoms with Gasteiger partial charge < -0.3 is 14.4 Å². The van der Waals surface area contributed by atoms with Crippen LogP contribution in [-0.4, -0.2) is 74.6 Å². The molecule has 1 aromatic rings. The van der Waals surface area contributed by atoms with Crippen molar-refractivity contribution in [1.82, 2.24) is 9.80 Å². The second-order valence-electron chi connectivity index (χ2n) is 6.99. The van der Waals surface area contributed by atoms with E-state index in [4.69, 9.17) is 21.1 Å². The Bertz CT molecular complexity index is 878. The number of nitrogens with zero attached hydrogens (tertiary/aromatic N) is 2. The second-order valence-corrected chi connectivity index (χ2v) is 9.62. The first-order chi connectivity index (χ1) is 12.9. The van der Waals surface area contributed by atoms with E-state index in [0.29, 0.717) is 49.1 Å². The lowest BCUT2D eigenvalue weighted by molar-refractivity contribution is -0.127. The Balaban J connectivity index is 1.33. The van der Waals surface area contributed by atoms with Gasteiger partial charge in [0.25, 0.3) is 0 Å². The van der Waals surface area contributed by atoms with E-state index in [2.05, 4.69) is 4.90 Å². The first kappa shape index (κ1) is 18.6. The Morgan fingerprint density at radius 1 is 1.19 bits per heavy atom. The van der Waals surface area contributed by atoms with Gasteiger partial charge in [0, 0.05) is 38.3 Å².